The third kappa shape index (κ3) is 5.82. The zero-order valence-corrected chi connectivity index (χ0v) is 7.02. The molecule has 0 bridgehead atoms. The summed E-state index contributed by atoms with van der Waals surface area (Å²) in [5.74, 6) is -0.260. The molecule has 1 amide bonds. The largest absolute Gasteiger partial charge is 0.357 e. The van der Waals surface area contributed by atoms with Crippen molar-refractivity contribution in [2.24, 2.45) is 0 Å². The van der Waals surface area contributed by atoms with Crippen molar-refractivity contribution in [3.63, 3.8) is 0 Å². The van der Waals surface area contributed by atoms with Crippen LogP contribution in [0, 0.1) is 0 Å². The smallest absolute Gasteiger partial charge is 0.246 e. The Bertz CT molecular complexity index is 162. The van der Waals surface area contributed by atoms with Gasteiger partial charge in [0.15, 0.2) is 0 Å². The van der Waals surface area contributed by atoms with Gasteiger partial charge in [-0.25, -0.2) is 0 Å². The monoisotopic (exact) mass is 165 g/mol. The molecular weight excluding hydrogens is 153 g/mol. The molecule has 0 saturated carbocycles. The van der Waals surface area contributed by atoms with Crippen molar-refractivity contribution in [3.05, 3.63) is 0 Å². The Morgan fingerprint density at radius 1 is 1.90 bits per heavy atom. The van der Waals surface area contributed by atoms with E-state index in [4.69, 9.17) is 9.42 Å². The number of carbonyl (C=O) groups is 1. The van der Waals surface area contributed by atoms with E-state index in [9.17, 15) is 4.79 Å². The van der Waals surface area contributed by atoms with Gasteiger partial charge in [0.25, 0.3) is 0 Å². The first-order valence-corrected chi connectivity index (χ1v) is 5.03. The van der Waals surface area contributed by atoms with Gasteiger partial charge in [0.1, 0.15) is 13.9 Å². The second-order valence-electron chi connectivity index (χ2n) is 2.00. The van der Waals surface area contributed by atoms with Gasteiger partial charge in [-0.1, -0.05) is 6.30 Å². The molecule has 0 aromatic heterocycles. The summed E-state index contributed by atoms with van der Waals surface area (Å²) in [6.07, 6.45) is 3.34. The molecule has 1 atom stereocenters. The lowest BCUT2D eigenvalue weighted by molar-refractivity contribution is -0.122. The van der Waals surface area contributed by atoms with Crippen molar-refractivity contribution in [2.75, 3.05) is 20.3 Å². The average Bonchev–Trinajstić information content (AvgIpc) is 1.81. The molecular formula is C5H12NO3P. The highest BCUT2D eigenvalue weighted by atomic mass is 31.2. The molecule has 0 aromatic carbocycles. The molecule has 2 N–H and O–H groups in total. The number of amides is 1. The van der Waals surface area contributed by atoms with Gasteiger partial charge < -0.3 is 14.7 Å². The summed E-state index contributed by atoms with van der Waals surface area (Å²) >= 11 is 0. The van der Waals surface area contributed by atoms with E-state index in [1.165, 1.54) is 13.7 Å². The van der Waals surface area contributed by atoms with E-state index in [1.807, 2.05) is 0 Å². The first kappa shape index (κ1) is 9.69. The van der Waals surface area contributed by atoms with Gasteiger partial charge in [-0.2, -0.15) is 0 Å². The van der Waals surface area contributed by atoms with Crippen molar-refractivity contribution in [2.45, 2.75) is 0 Å². The molecule has 0 fully saturated rings. The lowest BCUT2D eigenvalue weighted by Crippen LogP contribution is -2.22. The Kier molecular flexibility index (Phi) is 3.64. The van der Waals surface area contributed by atoms with Crippen LogP contribution in [0.15, 0.2) is 0 Å². The molecule has 0 radical (unpaired) electrons. The Morgan fingerprint density at radius 3 is 2.70 bits per heavy atom. The van der Waals surface area contributed by atoms with Crippen LogP contribution < -0.4 is 5.32 Å². The maximum atomic E-state index is 10.5. The molecule has 0 aromatic rings. The zero-order valence-electron chi connectivity index (χ0n) is 6.13. The summed E-state index contributed by atoms with van der Waals surface area (Å²) in [6, 6.07) is 0. The third-order valence-electron chi connectivity index (χ3n) is 0.753. The predicted molar refractivity (Wildman–Crippen MR) is 42.2 cm³/mol. The molecule has 0 aliphatic heterocycles. The van der Waals surface area contributed by atoms with Crippen molar-refractivity contribution in [1.82, 2.24) is 5.32 Å². The molecule has 1 unspecified atom stereocenters. The SMILES string of the molecule is C=P(C)(O)OCC(=O)NC. The topological polar surface area (TPSA) is 58.6 Å². The Hall–Kier alpha value is -0.310. The number of hydrogen-bond acceptors (Lipinski definition) is 3. The molecule has 0 aliphatic carbocycles. The molecule has 10 heavy (non-hydrogen) atoms. The summed E-state index contributed by atoms with van der Waals surface area (Å²) < 4.78 is 4.73. The molecule has 0 aliphatic rings. The maximum Gasteiger partial charge on any atom is 0.246 e. The summed E-state index contributed by atoms with van der Waals surface area (Å²) in [4.78, 5) is 19.5. The van der Waals surface area contributed by atoms with Crippen LogP contribution in [0.4, 0.5) is 0 Å². The fourth-order valence-electron chi connectivity index (χ4n) is 0.270. The van der Waals surface area contributed by atoms with E-state index in [1.54, 1.807) is 0 Å². The van der Waals surface area contributed by atoms with Gasteiger partial charge in [0.05, 0.1) is 0 Å². The molecule has 0 rings (SSSR count). The highest BCUT2D eigenvalue weighted by Gasteiger charge is 2.04. The van der Waals surface area contributed by atoms with E-state index < -0.39 is 7.34 Å². The minimum Gasteiger partial charge on any atom is -0.357 e. The average molecular weight is 165 g/mol. The standard InChI is InChI=1S/C5H12NO3P/c1-6-5(7)4-9-10(2,3)8/h8H,2,4H2,1,3H3,(H,6,7). The van der Waals surface area contributed by atoms with Crippen LogP contribution >= 0.6 is 7.34 Å². The van der Waals surface area contributed by atoms with Crippen molar-refractivity contribution in [1.29, 1.82) is 0 Å². The Morgan fingerprint density at radius 2 is 2.40 bits per heavy atom. The van der Waals surface area contributed by atoms with E-state index in [0.717, 1.165) is 0 Å². The van der Waals surface area contributed by atoms with Crippen LogP contribution in [0.25, 0.3) is 0 Å². The lowest BCUT2D eigenvalue weighted by atomic mass is 10.7. The minimum atomic E-state index is -2.49. The maximum absolute atomic E-state index is 10.5. The van der Waals surface area contributed by atoms with Gasteiger partial charge in [0.2, 0.25) is 5.91 Å². The lowest BCUT2D eigenvalue weighted by Gasteiger charge is -2.10. The van der Waals surface area contributed by atoms with Gasteiger partial charge >= 0.3 is 0 Å². The van der Waals surface area contributed by atoms with E-state index in [0.29, 0.717) is 0 Å². The molecule has 4 nitrogen and oxygen atoms in total. The second-order valence-corrected chi connectivity index (χ2v) is 4.36. The quantitative estimate of drug-likeness (QED) is 0.562. The minimum absolute atomic E-state index is 0.124. The number of carbonyl (C=O) groups excluding carboxylic acids is 1. The van der Waals surface area contributed by atoms with Crippen LogP contribution in [0.2, 0.25) is 0 Å². The van der Waals surface area contributed by atoms with E-state index in [2.05, 4.69) is 11.6 Å². The van der Waals surface area contributed by atoms with Crippen molar-refractivity contribution < 1.29 is 14.2 Å². The van der Waals surface area contributed by atoms with E-state index >= 15 is 0 Å². The van der Waals surface area contributed by atoms with Crippen molar-refractivity contribution >= 4 is 19.5 Å². The number of rotatable bonds is 3. The Labute approximate surface area is 60.3 Å². The summed E-state index contributed by atoms with van der Waals surface area (Å²) in [5, 5.41) is 2.35. The Balaban J connectivity index is 3.56. The molecule has 0 spiro atoms. The van der Waals surface area contributed by atoms with E-state index in [-0.39, 0.29) is 12.5 Å². The third-order valence-corrected chi connectivity index (χ3v) is 1.44. The number of hydrogen-bond donors (Lipinski definition) is 2. The van der Waals surface area contributed by atoms with Gasteiger partial charge in [0, 0.05) is 13.7 Å². The fraction of sp³-hybridized carbons (Fsp3) is 0.600. The van der Waals surface area contributed by atoms with Crippen LogP contribution in [0.3, 0.4) is 0 Å². The summed E-state index contributed by atoms with van der Waals surface area (Å²) in [7, 11) is -0.992. The highest BCUT2D eigenvalue weighted by molar-refractivity contribution is 7.62. The molecule has 5 heteroatoms. The van der Waals surface area contributed by atoms with Gasteiger partial charge in [-0.3, -0.25) is 4.79 Å². The molecule has 0 saturated heterocycles. The summed E-state index contributed by atoms with van der Waals surface area (Å²) in [6.45, 7) is 1.34. The highest BCUT2D eigenvalue weighted by Crippen LogP contribution is 2.35. The first-order chi connectivity index (χ1) is 4.45. The normalized spacial score (nSPS) is 15.9. The fourth-order valence-corrected chi connectivity index (χ4v) is 0.665. The summed E-state index contributed by atoms with van der Waals surface area (Å²) in [5.41, 5.74) is 0. The van der Waals surface area contributed by atoms with Gasteiger partial charge in [-0.05, 0) is 0 Å². The zero-order chi connectivity index (χ0) is 8.20. The number of likely N-dealkylation sites (N-methyl/N-ethyl adjacent to an activating group) is 1. The van der Waals surface area contributed by atoms with Crippen LogP contribution in [-0.2, 0) is 9.32 Å². The van der Waals surface area contributed by atoms with Crippen LogP contribution in [-0.4, -0.2) is 37.4 Å². The first-order valence-electron chi connectivity index (χ1n) is 2.74. The van der Waals surface area contributed by atoms with Crippen LogP contribution in [0.5, 0.6) is 0 Å². The molecule has 60 valence electrons. The number of nitrogens with one attached hydrogen (secondary N) is 1. The second kappa shape index (κ2) is 3.76. The van der Waals surface area contributed by atoms with Gasteiger partial charge in [-0.15, -0.1) is 0 Å². The van der Waals surface area contributed by atoms with Crippen LogP contribution in [0.1, 0.15) is 0 Å². The predicted octanol–water partition coefficient (Wildman–Crippen LogP) is -0.349. The molecule has 0 heterocycles. The van der Waals surface area contributed by atoms with Crippen molar-refractivity contribution in [3.8, 4) is 0 Å².